The molecule has 0 aliphatic rings. The Balaban J connectivity index is 1.84. The van der Waals surface area contributed by atoms with Crippen molar-refractivity contribution in [3.8, 4) is 17.2 Å². The molecule has 2 rings (SSSR count). The fraction of sp³-hybridized carbons (Fsp3) is 0.286. The van der Waals surface area contributed by atoms with E-state index in [1.165, 1.54) is 11.6 Å². The second-order valence-electron chi connectivity index (χ2n) is 5.59. The first-order valence-electron chi connectivity index (χ1n) is 8.56. The predicted octanol–water partition coefficient (Wildman–Crippen LogP) is 3.78. The molecule has 2 aromatic carbocycles. The van der Waals surface area contributed by atoms with Crippen molar-refractivity contribution < 1.29 is 19.0 Å². The molecule has 0 heterocycles. The molecule has 6 heteroatoms. The van der Waals surface area contributed by atoms with E-state index in [1.807, 2.05) is 24.3 Å². The average Bonchev–Trinajstić information content (AvgIpc) is 2.71. The SMILES string of the molecule is COc1ccc(/C=C/C(=O)NCCSCc2ccccc2)c(OC)c1OC. The van der Waals surface area contributed by atoms with E-state index in [-0.39, 0.29) is 5.91 Å². The summed E-state index contributed by atoms with van der Waals surface area (Å²) in [6, 6.07) is 13.9. The Morgan fingerprint density at radius 1 is 1.00 bits per heavy atom. The maximum Gasteiger partial charge on any atom is 0.244 e. The van der Waals surface area contributed by atoms with Crippen LogP contribution in [0.2, 0.25) is 0 Å². The number of ether oxygens (including phenoxy) is 3. The summed E-state index contributed by atoms with van der Waals surface area (Å²) >= 11 is 1.79. The van der Waals surface area contributed by atoms with E-state index in [0.717, 1.165) is 17.1 Å². The number of nitrogens with one attached hydrogen (secondary N) is 1. The zero-order chi connectivity index (χ0) is 19.5. The van der Waals surface area contributed by atoms with Gasteiger partial charge in [-0.2, -0.15) is 11.8 Å². The van der Waals surface area contributed by atoms with Gasteiger partial charge < -0.3 is 19.5 Å². The van der Waals surface area contributed by atoms with Crippen molar-refractivity contribution in [2.45, 2.75) is 5.75 Å². The predicted molar refractivity (Wildman–Crippen MR) is 111 cm³/mol. The number of rotatable bonds is 10. The van der Waals surface area contributed by atoms with Crippen molar-refractivity contribution in [2.75, 3.05) is 33.6 Å². The van der Waals surface area contributed by atoms with Gasteiger partial charge in [0.25, 0.3) is 0 Å². The first-order valence-corrected chi connectivity index (χ1v) is 9.71. The van der Waals surface area contributed by atoms with E-state index in [4.69, 9.17) is 14.2 Å². The molecule has 0 aliphatic carbocycles. The zero-order valence-electron chi connectivity index (χ0n) is 15.9. The number of carbonyl (C=O) groups excluding carboxylic acids is 1. The van der Waals surface area contributed by atoms with E-state index in [2.05, 4.69) is 17.4 Å². The number of benzene rings is 2. The molecule has 5 nitrogen and oxygen atoms in total. The standard InChI is InChI=1S/C21H25NO4S/c1-24-18-11-9-17(20(25-2)21(18)26-3)10-12-19(23)22-13-14-27-15-16-7-5-4-6-8-16/h4-12H,13-15H2,1-3H3,(H,22,23)/b12-10+. The van der Waals surface area contributed by atoms with E-state index in [1.54, 1.807) is 45.2 Å². The van der Waals surface area contributed by atoms with Crippen LogP contribution in [0.1, 0.15) is 11.1 Å². The van der Waals surface area contributed by atoms with Gasteiger partial charge in [0.05, 0.1) is 21.3 Å². The Bertz CT molecular complexity index is 762. The minimum Gasteiger partial charge on any atom is -0.493 e. The van der Waals surface area contributed by atoms with Crippen LogP contribution in [0.25, 0.3) is 6.08 Å². The Hall–Kier alpha value is -2.60. The van der Waals surface area contributed by atoms with Gasteiger partial charge in [0.1, 0.15) is 0 Å². The summed E-state index contributed by atoms with van der Waals surface area (Å²) in [4.78, 5) is 12.0. The maximum absolute atomic E-state index is 12.0. The van der Waals surface area contributed by atoms with Crippen molar-refractivity contribution in [2.24, 2.45) is 0 Å². The Morgan fingerprint density at radius 3 is 2.41 bits per heavy atom. The molecular formula is C21H25NO4S. The number of amides is 1. The molecule has 0 saturated heterocycles. The van der Waals surface area contributed by atoms with Gasteiger partial charge in [-0.3, -0.25) is 4.79 Å². The third-order valence-corrected chi connectivity index (χ3v) is 4.84. The summed E-state index contributed by atoms with van der Waals surface area (Å²) < 4.78 is 16.0. The second-order valence-corrected chi connectivity index (χ2v) is 6.69. The van der Waals surface area contributed by atoms with Crippen LogP contribution in [-0.2, 0) is 10.5 Å². The minimum atomic E-state index is -0.146. The monoisotopic (exact) mass is 387 g/mol. The lowest BCUT2D eigenvalue weighted by atomic mass is 10.1. The molecule has 0 fully saturated rings. The van der Waals surface area contributed by atoms with Crippen LogP contribution in [0.5, 0.6) is 17.2 Å². The van der Waals surface area contributed by atoms with Gasteiger partial charge in [-0.25, -0.2) is 0 Å². The quantitative estimate of drug-likeness (QED) is 0.497. The van der Waals surface area contributed by atoms with E-state index < -0.39 is 0 Å². The van der Waals surface area contributed by atoms with Gasteiger partial charge in [0.15, 0.2) is 11.5 Å². The summed E-state index contributed by atoms with van der Waals surface area (Å²) in [6.45, 7) is 0.615. The number of carbonyl (C=O) groups is 1. The van der Waals surface area contributed by atoms with Crippen LogP contribution >= 0.6 is 11.8 Å². The van der Waals surface area contributed by atoms with Gasteiger partial charge in [-0.1, -0.05) is 30.3 Å². The third kappa shape index (κ3) is 6.25. The molecule has 0 saturated carbocycles. The van der Waals surface area contributed by atoms with Gasteiger partial charge in [0, 0.05) is 29.7 Å². The largest absolute Gasteiger partial charge is 0.493 e. The first kappa shape index (κ1) is 20.7. The highest BCUT2D eigenvalue weighted by molar-refractivity contribution is 7.98. The molecule has 0 unspecified atom stereocenters. The number of thioether (sulfide) groups is 1. The molecule has 0 bridgehead atoms. The fourth-order valence-electron chi connectivity index (χ4n) is 2.49. The fourth-order valence-corrected chi connectivity index (χ4v) is 3.31. The Kier molecular flexibility index (Phi) is 8.58. The molecule has 0 aliphatic heterocycles. The van der Waals surface area contributed by atoms with E-state index in [0.29, 0.717) is 23.8 Å². The van der Waals surface area contributed by atoms with Crippen LogP contribution in [0.4, 0.5) is 0 Å². The van der Waals surface area contributed by atoms with Crippen molar-refractivity contribution in [1.82, 2.24) is 5.32 Å². The van der Waals surface area contributed by atoms with Gasteiger partial charge in [0.2, 0.25) is 11.7 Å². The van der Waals surface area contributed by atoms with Crippen LogP contribution in [0, 0.1) is 0 Å². The van der Waals surface area contributed by atoms with Gasteiger partial charge >= 0.3 is 0 Å². The molecule has 0 atom stereocenters. The highest BCUT2D eigenvalue weighted by Crippen LogP contribution is 2.40. The number of methoxy groups -OCH3 is 3. The third-order valence-electron chi connectivity index (χ3n) is 3.81. The molecule has 1 amide bonds. The summed E-state index contributed by atoms with van der Waals surface area (Å²) in [5, 5.41) is 2.88. The summed E-state index contributed by atoms with van der Waals surface area (Å²) in [6.07, 6.45) is 3.19. The van der Waals surface area contributed by atoms with E-state index in [9.17, 15) is 4.79 Å². The van der Waals surface area contributed by atoms with Gasteiger partial charge in [-0.15, -0.1) is 0 Å². The first-order chi connectivity index (χ1) is 13.2. The summed E-state index contributed by atoms with van der Waals surface area (Å²) in [5.41, 5.74) is 2.03. The van der Waals surface area contributed by atoms with Crippen LogP contribution in [0.3, 0.4) is 0 Å². The molecule has 0 spiro atoms. The highest BCUT2D eigenvalue weighted by Gasteiger charge is 2.14. The van der Waals surface area contributed by atoms with Crippen LogP contribution < -0.4 is 19.5 Å². The lowest BCUT2D eigenvalue weighted by Gasteiger charge is -2.13. The smallest absolute Gasteiger partial charge is 0.244 e. The Morgan fingerprint density at radius 2 is 1.74 bits per heavy atom. The Labute approximate surface area is 164 Å². The molecule has 0 aromatic heterocycles. The second kappa shape index (κ2) is 11.2. The van der Waals surface area contributed by atoms with Crippen molar-refractivity contribution in [1.29, 1.82) is 0 Å². The number of hydrogen-bond donors (Lipinski definition) is 1. The van der Waals surface area contributed by atoms with Crippen molar-refractivity contribution in [3.05, 3.63) is 59.7 Å². The molecule has 0 radical (unpaired) electrons. The molecule has 2 aromatic rings. The molecular weight excluding hydrogens is 362 g/mol. The average molecular weight is 388 g/mol. The molecule has 144 valence electrons. The summed E-state index contributed by atoms with van der Waals surface area (Å²) in [5.74, 6) is 3.25. The van der Waals surface area contributed by atoms with Crippen LogP contribution in [-0.4, -0.2) is 39.5 Å². The van der Waals surface area contributed by atoms with Crippen LogP contribution in [0.15, 0.2) is 48.5 Å². The normalized spacial score (nSPS) is 10.6. The van der Waals surface area contributed by atoms with E-state index >= 15 is 0 Å². The summed E-state index contributed by atoms with van der Waals surface area (Å²) in [7, 11) is 4.67. The highest BCUT2D eigenvalue weighted by atomic mass is 32.2. The zero-order valence-corrected chi connectivity index (χ0v) is 16.7. The van der Waals surface area contributed by atoms with Crippen molar-refractivity contribution in [3.63, 3.8) is 0 Å². The lowest BCUT2D eigenvalue weighted by molar-refractivity contribution is -0.116. The number of hydrogen-bond acceptors (Lipinski definition) is 5. The lowest BCUT2D eigenvalue weighted by Crippen LogP contribution is -2.23. The molecule has 27 heavy (non-hydrogen) atoms. The molecule has 1 N–H and O–H groups in total. The minimum absolute atomic E-state index is 0.146. The van der Waals surface area contributed by atoms with Crippen molar-refractivity contribution >= 4 is 23.7 Å². The maximum atomic E-state index is 12.0. The topological polar surface area (TPSA) is 56.8 Å². The van der Waals surface area contributed by atoms with Gasteiger partial charge in [-0.05, 0) is 23.8 Å².